The fourth-order valence-electron chi connectivity index (χ4n) is 3.02. The minimum Gasteiger partial charge on any atom is -0.466 e. The summed E-state index contributed by atoms with van der Waals surface area (Å²) in [6, 6.07) is 0. The van der Waals surface area contributed by atoms with Crippen molar-refractivity contribution >= 4 is 5.97 Å². The number of esters is 1. The van der Waals surface area contributed by atoms with Gasteiger partial charge in [-0.25, -0.2) is 0 Å². The molecule has 0 rings (SSSR count). The zero-order chi connectivity index (χ0) is 17.9. The van der Waals surface area contributed by atoms with Crippen LogP contribution in [0.15, 0.2) is 0 Å². The van der Waals surface area contributed by atoms with Crippen LogP contribution >= 0.6 is 0 Å². The molecular weight excluding hydrogens is 296 g/mol. The summed E-state index contributed by atoms with van der Waals surface area (Å²) in [5.41, 5.74) is 0. The monoisotopic (exact) mass is 340 g/mol. The van der Waals surface area contributed by atoms with Crippen molar-refractivity contribution < 1.29 is 9.53 Å². The van der Waals surface area contributed by atoms with Crippen molar-refractivity contribution in [1.29, 1.82) is 0 Å². The Kier molecular flexibility index (Phi) is 18.4. The first-order valence-electron chi connectivity index (χ1n) is 10.8. The summed E-state index contributed by atoms with van der Waals surface area (Å²) in [6.45, 7) is 7.47. The van der Waals surface area contributed by atoms with Crippen molar-refractivity contribution in [3.8, 4) is 0 Å². The quantitative estimate of drug-likeness (QED) is 0.191. The number of carbonyl (C=O) groups is 1. The summed E-state index contributed by atoms with van der Waals surface area (Å²) in [6.07, 6.45) is 19.8. The molecule has 0 amide bonds. The van der Waals surface area contributed by atoms with E-state index in [1.165, 1.54) is 83.5 Å². The van der Waals surface area contributed by atoms with Gasteiger partial charge in [-0.1, -0.05) is 104 Å². The number of carbonyl (C=O) groups excluding carboxylic acids is 1. The summed E-state index contributed by atoms with van der Waals surface area (Å²) in [5.74, 6) is 0.865. The molecule has 0 aromatic carbocycles. The third-order valence-electron chi connectivity index (χ3n) is 4.67. The van der Waals surface area contributed by atoms with Crippen LogP contribution in [0.5, 0.6) is 0 Å². The first kappa shape index (κ1) is 23.5. The van der Waals surface area contributed by atoms with E-state index < -0.39 is 0 Å². The summed E-state index contributed by atoms with van der Waals surface area (Å²) in [4.78, 5) is 11.6. The Morgan fingerprint density at radius 3 is 1.79 bits per heavy atom. The van der Waals surface area contributed by atoms with Crippen LogP contribution in [0, 0.1) is 5.92 Å². The average Bonchev–Trinajstić information content (AvgIpc) is 2.55. The minimum absolute atomic E-state index is 0.00986. The predicted molar refractivity (Wildman–Crippen MR) is 105 cm³/mol. The summed E-state index contributed by atoms with van der Waals surface area (Å²) in [5, 5.41) is 0. The SMILES string of the molecule is CCCCCCCCC(=O)OCCCCCCCCCCC(C)C. The smallest absolute Gasteiger partial charge is 0.305 e. The van der Waals surface area contributed by atoms with Gasteiger partial charge in [0.25, 0.3) is 0 Å². The van der Waals surface area contributed by atoms with Gasteiger partial charge in [-0.3, -0.25) is 4.79 Å². The minimum atomic E-state index is 0.00986. The van der Waals surface area contributed by atoms with Gasteiger partial charge in [0.05, 0.1) is 6.61 Å². The molecule has 2 nitrogen and oxygen atoms in total. The summed E-state index contributed by atoms with van der Waals surface area (Å²) >= 11 is 0. The molecule has 0 unspecified atom stereocenters. The Morgan fingerprint density at radius 2 is 1.21 bits per heavy atom. The highest BCUT2D eigenvalue weighted by Crippen LogP contribution is 2.13. The molecule has 0 bridgehead atoms. The van der Waals surface area contributed by atoms with Crippen LogP contribution in [0.4, 0.5) is 0 Å². The molecule has 0 heterocycles. The highest BCUT2D eigenvalue weighted by atomic mass is 16.5. The van der Waals surface area contributed by atoms with Crippen molar-refractivity contribution in [1.82, 2.24) is 0 Å². The number of hydrogen-bond donors (Lipinski definition) is 0. The van der Waals surface area contributed by atoms with Gasteiger partial charge in [-0.15, -0.1) is 0 Å². The normalized spacial score (nSPS) is 11.2. The van der Waals surface area contributed by atoms with E-state index >= 15 is 0 Å². The van der Waals surface area contributed by atoms with Crippen molar-refractivity contribution in [2.24, 2.45) is 5.92 Å². The highest BCUT2D eigenvalue weighted by Gasteiger charge is 2.02. The Bertz CT molecular complexity index is 261. The Labute approximate surface area is 152 Å². The average molecular weight is 341 g/mol. The van der Waals surface area contributed by atoms with Gasteiger partial charge in [0.2, 0.25) is 0 Å². The van der Waals surface area contributed by atoms with Gasteiger partial charge in [-0.2, -0.15) is 0 Å². The molecule has 24 heavy (non-hydrogen) atoms. The van der Waals surface area contributed by atoms with Crippen LogP contribution < -0.4 is 0 Å². The van der Waals surface area contributed by atoms with E-state index in [1.54, 1.807) is 0 Å². The maximum absolute atomic E-state index is 11.6. The molecule has 0 aromatic heterocycles. The van der Waals surface area contributed by atoms with Gasteiger partial charge in [0, 0.05) is 6.42 Å². The molecular formula is C22H44O2. The first-order valence-corrected chi connectivity index (χ1v) is 10.8. The van der Waals surface area contributed by atoms with Crippen LogP contribution in [-0.2, 0) is 9.53 Å². The molecule has 0 fully saturated rings. The van der Waals surface area contributed by atoms with Gasteiger partial charge >= 0.3 is 5.97 Å². The van der Waals surface area contributed by atoms with E-state index in [9.17, 15) is 4.79 Å². The van der Waals surface area contributed by atoms with Crippen molar-refractivity contribution in [2.75, 3.05) is 6.61 Å². The number of hydrogen-bond acceptors (Lipinski definition) is 2. The van der Waals surface area contributed by atoms with E-state index in [-0.39, 0.29) is 5.97 Å². The molecule has 0 saturated carbocycles. The fraction of sp³-hybridized carbons (Fsp3) is 0.955. The lowest BCUT2D eigenvalue weighted by atomic mass is 10.0. The van der Waals surface area contributed by atoms with E-state index in [2.05, 4.69) is 20.8 Å². The van der Waals surface area contributed by atoms with E-state index in [0.29, 0.717) is 13.0 Å². The van der Waals surface area contributed by atoms with E-state index in [0.717, 1.165) is 18.8 Å². The maximum atomic E-state index is 11.6. The van der Waals surface area contributed by atoms with Crippen LogP contribution in [0.3, 0.4) is 0 Å². The Morgan fingerprint density at radius 1 is 0.708 bits per heavy atom. The van der Waals surface area contributed by atoms with Crippen LogP contribution in [0.25, 0.3) is 0 Å². The van der Waals surface area contributed by atoms with Crippen LogP contribution in [0.1, 0.15) is 124 Å². The molecule has 2 heteroatoms. The molecule has 0 aliphatic carbocycles. The van der Waals surface area contributed by atoms with E-state index in [4.69, 9.17) is 4.74 Å². The number of ether oxygens (including phenoxy) is 1. The zero-order valence-electron chi connectivity index (χ0n) is 16.9. The Balaban J connectivity index is 3.14. The topological polar surface area (TPSA) is 26.3 Å². The molecule has 0 spiro atoms. The Hall–Kier alpha value is -0.530. The number of unbranched alkanes of at least 4 members (excludes halogenated alkanes) is 12. The van der Waals surface area contributed by atoms with E-state index in [1.807, 2.05) is 0 Å². The zero-order valence-corrected chi connectivity index (χ0v) is 16.9. The first-order chi connectivity index (χ1) is 11.7. The predicted octanol–water partition coefficient (Wildman–Crippen LogP) is 7.45. The van der Waals surface area contributed by atoms with Crippen LogP contribution in [-0.4, -0.2) is 12.6 Å². The standard InChI is InChI=1S/C22H44O2/c1-4-5-6-7-13-16-19-22(23)24-20-17-14-11-9-8-10-12-15-18-21(2)3/h21H,4-20H2,1-3H3. The molecule has 0 aliphatic rings. The van der Waals surface area contributed by atoms with Gasteiger partial charge in [-0.05, 0) is 18.8 Å². The maximum Gasteiger partial charge on any atom is 0.305 e. The lowest BCUT2D eigenvalue weighted by molar-refractivity contribution is -0.143. The number of rotatable bonds is 18. The molecule has 0 radical (unpaired) electrons. The second-order valence-corrected chi connectivity index (χ2v) is 7.75. The molecule has 144 valence electrons. The molecule has 0 aromatic rings. The third kappa shape index (κ3) is 19.5. The van der Waals surface area contributed by atoms with Gasteiger partial charge in [0.15, 0.2) is 0 Å². The van der Waals surface area contributed by atoms with Gasteiger partial charge in [0.1, 0.15) is 0 Å². The second kappa shape index (κ2) is 18.8. The molecule has 0 saturated heterocycles. The van der Waals surface area contributed by atoms with Crippen molar-refractivity contribution in [3.63, 3.8) is 0 Å². The van der Waals surface area contributed by atoms with Crippen molar-refractivity contribution in [3.05, 3.63) is 0 Å². The highest BCUT2D eigenvalue weighted by molar-refractivity contribution is 5.69. The van der Waals surface area contributed by atoms with Crippen molar-refractivity contribution in [2.45, 2.75) is 124 Å². The summed E-state index contributed by atoms with van der Waals surface area (Å²) in [7, 11) is 0. The lowest BCUT2D eigenvalue weighted by Crippen LogP contribution is -2.05. The van der Waals surface area contributed by atoms with Gasteiger partial charge < -0.3 is 4.74 Å². The third-order valence-corrected chi connectivity index (χ3v) is 4.67. The summed E-state index contributed by atoms with van der Waals surface area (Å²) < 4.78 is 5.31. The van der Waals surface area contributed by atoms with Crippen LogP contribution in [0.2, 0.25) is 0 Å². The largest absolute Gasteiger partial charge is 0.466 e. The molecule has 0 N–H and O–H groups in total. The molecule has 0 aliphatic heterocycles. The second-order valence-electron chi connectivity index (χ2n) is 7.75. The fourth-order valence-corrected chi connectivity index (χ4v) is 3.02. The molecule has 0 atom stereocenters. The lowest BCUT2D eigenvalue weighted by Gasteiger charge is -2.06.